The van der Waals surface area contributed by atoms with Crippen LogP contribution in [0.5, 0.6) is 5.75 Å². The molecule has 0 aromatic heterocycles. The van der Waals surface area contributed by atoms with Gasteiger partial charge in [0.05, 0.1) is 23.3 Å². The van der Waals surface area contributed by atoms with Crippen molar-refractivity contribution in [3.05, 3.63) is 71.8 Å². The number of alkyl halides is 6. The van der Waals surface area contributed by atoms with Crippen molar-refractivity contribution in [2.75, 3.05) is 7.11 Å². The van der Waals surface area contributed by atoms with Crippen molar-refractivity contribution in [1.29, 1.82) is 0 Å². The third kappa shape index (κ3) is 5.83. The average molecular weight is 605 g/mol. The number of ether oxygens (including phenoxy) is 1. The highest BCUT2D eigenvalue weighted by molar-refractivity contribution is 9.08. The number of methoxy groups -OCH3 is 1. The summed E-state index contributed by atoms with van der Waals surface area (Å²) in [6.45, 7) is 0. The largest absolute Gasteiger partial charge is 0.497 e. The highest BCUT2D eigenvalue weighted by Gasteiger charge is 2.48. The van der Waals surface area contributed by atoms with Gasteiger partial charge in [0.2, 0.25) is 7.59 Å². The molecule has 1 heterocycles. The number of aliphatic imine (C=N–C) groups is 2. The van der Waals surface area contributed by atoms with Gasteiger partial charge in [-0.25, -0.2) is 13.9 Å². The van der Waals surface area contributed by atoms with E-state index in [1.54, 1.807) is 13.2 Å². The van der Waals surface area contributed by atoms with Gasteiger partial charge in [-0.05, 0) is 23.8 Å². The molecule has 0 bridgehead atoms. The maximum Gasteiger partial charge on any atom is 0.248 e. The summed E-state index contributed by atoms with van der Waals surface area (Å²) in [5.41, 5.74) is 0.191. The lowest BCUT2D eigenvalue weighted by Gasteiger charge is -2.37. The summed E-state index contributed by atoms with van der Waals surface area (Å²) in [5.74, 6) is 0.699. The number of benzene rings is 2. The Balaban J connectivity index is 2.23. The van der Waals surface area contributed by atoms with Gasteiger partial charge >= 0.3 is 0 Å². The summed E-state index contributed by atoms with van der Waals surface area (Å²) in [5, 5.41) is 0. The monoisotopic (exact) mass is 601 g/mol. The van der Waals surface area contributed by atoms with Crippen molar-refractivity contribution in [2.24, 2.45) is 9.98 Å². The number of halogens is 7. The topological polar surface area (TPSA) is 37.2 Å². The summed E-state index contributed by atoms with van der Waals surface area (Å²) in [6, 6.07) is 16.6. The Morgan fingerprint density at radius 1 is 0.871 bits per heavy atom. The van der Waals surface area contributed by atoms with Crippen molar-refractivity contribution >= 4 is 104 Å². The lowest BCUT2D eigenvalue weighted by Crippen LogP contribution is -2.48. The van der Waals surface area contributed by atoms with Crippen LogP contribution in [0.2, 0.25) is 0 Å². The fraction of sp³-hybridized carbons (Fsp3) is 0.200. The molecule has 0 atom stereocenters. The molecule has 0 aliphatic carbocycles. The van der Waals surface area contributed by atoms with Crippen LogP contribution in [-0.4, -0.2) is 30.3 Å². The summed E-state index contributed by atoms with van der Waals surface area (Å²) in [7, 11) is 1.60. The number of amidine groups is 2. The molecule has 0 amide bonds. The molecular weight excluding hydrogens is 591 g/mol. The van der Waals surface area contributed by atoms with Gasteiger partial charge < -0.3 is 4.74 Å². The molecule has 2 aromatic rings. The predicted octanol–water partition coefficient (Wildman–Crippen LogP) is 7.72. The van der Waals surface area contributed by atoms with Gasteiger partial charge in [-0.1, -0.05) is 118 Å². The summed E-state index contributed by atoms with van der Waals surface area (Å²) in [4.78, 5) is 9.35. The zero-order valence-electron chi connectivity index (χ0n) is 15.7. The Bertz CT molecular complexity index is 982. The third-order valence-corrected chi connectivity index (χ3v) is 5.94. The Morgan fingerprint density at radius 2 is 1.39 bits per heavy atom. The zero-order valence-corrected chi connectivity index (χ0v) is 21.9. The van der Waals surface area contributed by atoms with E-state index in [9.17, 15) is 0 Å². The number of hydrogen-bond donors (Lipinski definition) is 0. The highest BCUT2D eigenvalue weighted by atomic mass is 79.9. The molecule has 1 aliphatic rings. The number of hydrogen-bond acceptors (Lipinski definition) is 4. The molecule has 3 rings (SSSR count). The molecule has 164 valence electrons. The molecule has 0 saturated heterocycles. The first-order chi connectivity index (χ1) is 14.5. The van der Waals surface area contributed by atoms with Crippen LogP contribution in [0, 0.1) is 0 Å². The van der Waals surface area contributed by atoms with E-state index in [2.05, 4.69) is 26.1 Å². The molecule has 0 unspecified atom stereocenters. The maximum absolute atomic E-state index is 6.19. The normalized spacial score (nSPS) is 16.8. The predicted molar refractivity (Wildman–Crippen MR) is 136 cm³/mol. The standard InChI is InChI=1S/C20H14BrCl6N3O/c1-31-15-9-7-13(8-10-15)11-12-18(14-5-3-2-4-6-14)28-16(19(22,23)24)30(21)17(29-18)20(25,26)27/h2-12H,1H3. The molecule has 0 radical (unpaired) electrons. The van der Waals surface area contributed by atoms with Crippen molar-refractivity contribution in [3.63, 3.8) is 0 Å². The maximum atomic E-state index is 6.19. The van der Waals surface area contributed by atoms with E-state index in [1.807, 2.05) is 60.7 Å². The first-order valence-corrected chi connectivity index (χ1v) is 11.6. The van der Waals surface area contributed by atoms with Crippen LogP contribution in [0.15, 0.2) is 70.7 Å². The Kier molecular flexibility index (Phi) is 7.80. The summed E-state index contributed by atoms with van der Waals surface area (Å²) < 4.78 is 2.52. The van der Waals surface area contributed by atoms with Crippen molar-refractivity contribution in [1.82, 2.24) is 3.93 Å². The first-order valence-electron chi connectivity index (χ1n) is 8.65. The Labute approximate surface area is 218 Å². The van der Waals surface area contributed by atoms with E-state index in [1.165, 1.54) is 3.93 Å². The van der Waals surface area contributed by atoms with E-state index >= 15 is 0 Å². The van der Waals surface area contributed by atoms with Gasteiger partial charge in [-0.2, -0.15) is 0 Å². The van der Waals surface area contributed by atoms with Crippen LogP contribution in [-0.2, 0) is 5.66 Å². The van der Waals surface area contributed by atoms with Gasteiger partial charge in [0.1, 0.15) is 5.75 Å². The van der Waals surface area contributed by atoms with Gasteiger partial charge in [-0.15, -0.1) is 0 Å². The van der Waals surface area contributed by atoms with E-state index in [0.29, 0.717) is 5.56 Å². The van der Waals surface area contributed by atoms with E-state index in [4.69, 9.17) is 74.3 Å². The quantitative estimate of drug-likeness (QED) is 0.265. The van der Waals surface area contributed by atoms with Crippen LogP contribution in [0.1, 0.15) is 11.1 Å². The lowest BCUT2D eigenvalue weighted by atomic mass is 9.98. The van der Waals surface area contributed by atoms with Crippen LogP contribution in [0.25, 0.3) is 6.08 Å². The highest BCUT2D eigenvalue weighted by Crippen LogP contribution is 2.44. The van der Waals surface area contributed by atoms with Crippen LogP contribution in [0.4, 0.5) is 0 Å². The second kappa shape index (κ2) is 9.68. The van der Waals surface area contributed by atoms with Crippen molar-refractivity contribution in [2.45, 2.75) is 13.2 Å². The summed E-state index contributed by atoms with van der Waals surface area (Å²) in [6.07, 6.45) is 3.58. The SMILES string of the molecule is COc1ccc(C=CC2(c3ccccc3)N=C(C(Cl)(Cl)Cl)N(Br)C(C(Cl)(Cl)Cl)=N2)cc1. The zero-order chi connectivity index (χ0) is 22.9. The number of rotatable bonds is 4. The van der Waals surface area contributed by atoms with E-state index in [-0.39, 0.29) is 11.7 Å². The Hall–Kier alpha value is -0.660. The van der Waals surface area contributed by atoms with Gasteiger partial charge in [0, 0.05) is 5.56 Å². The smallest absolute Gasteiger partial charge is 0.248 e. The molecule has 0 spiro atoms. The molecule has 11 heteroatoms. The minimum absolute atomic E-state index is 0.0166. The minimum atomic E-state index is -1.94. The summed E-state index contributed by atoms with van der Waals surface area (Å²) >= 11 is 40.4. The lowest BCUT2D eigenvalue weighted by molar-refractivity contribution is 0.415. The second-order valence-electron chi connectivity index (χ2n) is 6.35. The van der Waals surface area contributed by atoms with Crippen molar-refractivity contribution < 1.29 is 4.74 Å². The fourth-order valence-corrected chi connectivity index (χ4v) is 4.86. The third-order valence-electron chi connectivity index (χ3n) is 4.25. The average Bonchev–Trinajstić information content (AvgIpc) is 2.72. The van der Waals surface area contributed by atoms with Crippen LogP contribution < -0.4 is 4.74 Å². The molecule has 0 saturated carbocycles. The van der Waals surface area contributed by atoms with Gasteiger partial charge in [-0.3, -0.25) is 0 Å². The molecule has 4 nitrogen and oxygen atoms in total. The molecule has 0 N–H and O–H groups in total. The van der Waals surface area contributed by atoms with Gasteiger partial charge in [0.15, 0.2) is 17.3 Å². The minimum Gasteiger partial charge on any atom is -0.497 e. The molecule has 0 fully saturated rings. The van der Waals surface area contributed by atoms with Crippen LogP contribution >= 0.6 is 85.8 Å². The fourth-order valence-electron chi connectivity index (χ4n) is 2.80. The van der Waals surface area contributed by atoms with Crippen molar-refractivity contribution in [3.8, 4) is 5.75 Å². The Morgan fingerprint density at radius 3 is 1.84 bits per heavy atom. The molecule has 2 aromatic carbocycles. The first kappa shape index (κ1) is 25.0. The second-order valence-corrected chi connectivity index (χ2v) is 11.6. The van der Waals surface area contributed by atoms with Crippen LogP contribution in [0.3, 0.4) is 0 Å². The molecular formula is C20H14BrCl6N3O. The molecule has 1 aliphatic heterocycles. The van der Waals surface area contributed by atoms with E-state index in [0.717, 1.165) is 11.3 Å². The number of nitrogens with zero attached hydrogens (tertiary/aromatic N) is 3. The van der Waals surface area contributed by atoms with E-state index < -0.39 is 13.2 Å². The molecule has 31 heavy (non-hydrogen) atoms. The van der Waals surface area contributed by atoms with Gasteiger partial charge in [0.25, 0.3) is 0 Å².